The van der Waals surface area contributed by atoms with Gasteiger partial charge in [-0.15, -0.1) is 0 Å². The number of carbonyl (C=O) groups is 1. The van der Waals surface area contributed by atoms with E-state index in [4.69, 9.17) is 20.2 Å². The minimum absolute atomic E-state index is 0.152. The summed E-state index contributed by atoms with van der Waals surface area (Å²) < 4.78 is 33.8. The van der Waals surface area contributed by atoms with Gasteiger partial charge in [0.1, 0.15) is 6.61 Å². The molecule has 1 aromatic carbocycles. The molecule has 2 aliphatic heterocycles. The first-order valence-corrected chi connectivity index (χ1v) is 10.3. The highest BCUT2D eigenvalue weighted by molar-refractivity contribution is 8.13. The summed E-state index contributed by atoms with van der Waals surface area (Å²) in [6.45, 7) is 1.98. The highest BCUT2D eigenvalue weighted by atomic mass is 35.7. The van der Waals surface area contributed by atoms with E-state index in [1.165, 1.54) is 0 Å². The summed E-state index contributed by atoms with van der Waals surface area (Å²) in [6, 6.07) is 9.42. The zero-order valence-corrected chi connectivity index (χ0v) is 14.8. The largest absolute Gasteiger partial charge is 0.445 e. The lowest BCUT2D eigenvalue weighted by atomic mass is 9.78. The maximum atomic E-state index is 12.4. The van der Waals surface area contributed by atoms with Gasteiger partial charge >= 0.3 is 6.09 Å². The maximum absolute atomic E-state index is 12.4. The Bertz CT molecular complexity index is 688. The quantitative estimate of drug-likeness (QED) is 0.757. The van der Waals surface area contributed by atoms with Crippen molar-refractivity contribution in [2.75, 3.05) is 32.1 Å². The molecule has 1 spiro atoms. The van der Waals surface area contributed by atoms with Gasteiger partial charge in [-0.2, -0.15) is 0 Å². The molecule has 2 saturated heterocycles. The van der Waals surface area contributed by atoms with Gasteiger partial charge in [0.25, 0.3) is 0 Å². The van der Waals surface area contributed by atoms with Crippen LogP contribution < -0.4 is 0 Å². The Morgan fingerprint density at radius 2 is 2.12 bits per heavy atom. The first-order valence-electron chi connectivity index (χ1n) is 7.84. The molecule has 2 unspecified atom stereocenters. The van der Waals surface area contributed by atoms with Crippen LogP contribution >= 0.6 is 10.7 Å². The van der Waals surface area contributed by atoms with Gasteiger partial charge in [-0.25, -0.2) is 13.2 Å². The van der Waals surface area contributed by atoms with Crippen molar-refractivity contribution < 1.29 is 22.7 Å². The summed E-state index contributed by atoms with van der Waals surface area (Å²) in [5.41, 5.74) is 0.567. The highest BCUT2D eigenvalue weighted by Crippen LogP contribution is 2.44. The van der Waals surface area contributed by atoms with Crippen LogP contribution in [-0.4, -0.2) is 51.5 Å². The molecule has 8 heteroatoms. The Morgan fingerprint density at radius 3 is 2.75 bits per heavy atom. The summed E-state index contributed by atoms with van der Waals surface area (Å²) in [5, 5.41) is 0. The van der Waals surface area contributed by atoms with Crippen LogP contribution in [0.15, 0.2) is 30.3 Å². The van der Waals surface area contributed by atoms with Crippen molar-refractivity contribution in [3.63, 3.8) is 0 Å². The number of ether oxygens (including phenoxy) is 2. The normalized spacial score (nSPS) is 26.9. The number of halogens is 1. The van der Waals surface area contributed by atoms with Gasteiger partial charge in [0, 0.05) is 41.7 Å². The average molecular weight is 374 g/mol. The molecule has 0 radical (unpaired) electrons. The SMILES string of the molecule is O=C(OCc1ccccc1)N1CC(CS(=O)(=O)Cl)C2(CCOC2)C1. The second kappa shape index (κ2) is 6.90. The Labute approximate surface area is 146 Å². The predicted molar refractivity (Wildman–Crippen MR) is 89.2 cm³/mol. The minimum atomic E-state index is -3.64. The van der Waals surface area contributed by atoms with Crippen molar-refractivity contribution in [3.05, 3.63) is 35.9 Å². The summed E-state index contributed by atoms with van der Waals surface area (Å²) in [4.78, 5) is 13.9. The van der Waals surface area contributed by atoms with E-state index in [0.717, 1.165) is 12.0 Å². The minimum Gasteiger partial charge on any atom is -0.445 e. The molecular formula is C16H20ClNO5S. The maximum Gasteiger partial charge on any atom is 0.410 e. The topological polar surface area (TPSA) is 72.9 Å². The van der Waals surface area contributed by atoms with Crippen molar-refractivity contribution in [2.45, 2.75) is 13.0 Å². The lowest BCUT2D eigenvalue weighted by molar-refractivity contribution is 0.0968. The van der Waals surface area contributed by atoms with E-state index < -0.39 is 15.1 Å². The van der Waals surface area contributed by atoms with Crippen LogP contribution in [0.2, 0.25) is 0 Å². The second-order valence-corrected chi connectivity index (χ2v) is 9.31. The molecule has 0 aromatic heterocycles. The second-order valence-electron chi connectivity index (χ2n) is 6.49. The zero-order chi connectivity index (χ0) is 17.2. The van der Waals surface area contributed by atoms with E-state index in [0.29, 0.717) is 26.3 Å². The molecule has 132 valence electrons. The van der Waals surface area contributed by atoms with Crippen LogP contribution in [0.1, 0.15) is 12.0 Å². The van der Waals surface area contributed by atoms with Gasteiger partial charge in [-0.05, 0) is 12.0 Å². The molecule has 2 heterocycles. The summed E-state index contributed by atoms with van der Waals surface area (Å²) >= 11 is 0. The molecule has 1 amide bonds. The van der Waals surface area contributed by atoms with Crippen LogP contribution in [-0.2, 0) is 25.1 Å². The third-order valence-corrected chi connectivity index (χ3v) is 5.99. The van der Waals surface area contributed by atoms with E-state index in [2.05, 4.69) is 0 Å². The number of hydrogen-bond donors (Lipinski definition) is 0. The molecule has 1 aromatic rings. The van der Waals surface area contributed by atoms with Crippen molar-refractivity contribution in [3.8, 4) is 0 Å². The summed E-state index contributed by atoms with van der Waals surface area (Å²) in [7, 11) is 1.80. The van der Waals surface area contributed by atoms with Gasteiger partial charge in [-0.1, -0.05) is 30.3 Å². The fourth-order valence-electron chi connectivity index (χ4n) is 3.52. The number of likely N-dealkylation sites (tertiary alicyclic amines) is 1. The molecule has 0 aliphatic carbocycles. The first-order chi connectivity index (χ1) is 11.4. The monoisotopic (exact) mass is 373 g/mol. The molecule has 0 bridgehead atoms. The lowest BCUT2D eigenvalue weighted by Gasteiger charge is -2.26. The molecule has 6 nitrogen and oxygen atoms in total. The summed E-state index contributed by atoms with van der Waals surface area (Å²) in [6.07, 6.45) is 0.298. The average Bonchev–Trinajstić information content (AvgIpc) is 3.13. The van der Waals surface area contributed by atoms with Crippen molar-refractivity contribution >= 4 is 25.8 Å². The van der Waals surface area contributed by atoms with E-state index in [1.807, 2.05) is 30.3 Å². The standard InChI is InChI=1S/C16H20ClNO5S/c17-24(20,21)10-14-8-18(11-16(14)6-7-22-12-16)15(19)23-9-13-4-2-1-3-5-13/h1-5,14H,6-12H2. The predicted octanol–water partition coefficient (Wildman–Crippen LogP) is 2.23. The van der Waals surface area contributed by atoms with Crippen LogP contribution in [0.4, 0.5) is 4.79 Å². The molecule has 2 fully saturated rings. The number of benzene rings is 1. The van der Waals surface area contributed by atoms with Crippen LogP contribution in [0.3, 0.4) is 0 Å². The number of rotatable bonds is 4. The van der Waals surface area contributed by atoms with E-state index in [-0.39, 0.29) is 23.7 Å². The fourth-order valence-corrected chi connectivity index (χ4v) is 4.92. The Hall–Kier alpha value is -1.31. The first kappa shape index (κ1) is 17.5. The Balaban J connectivity index is 1.65. The molecular weight excluding hydrogens is 354 g/mol. The van der Waals surface area contributed by atoms with Crippen LogP contribution in [0.25, 0.3) is 0 Å². The van der Waals surface area contributed by atoms with Gasteiger partial charge in [0.2, 0.25) is 9.05 Å². The Kier molecular flexibility index (Phi) is 5.03. The van der Waals surface area contributed by atoms with E-state index in [9.17, 15) is 13.2 Å². The molecule has 3 rings (SSSR count). The number of carbonyl (C=O) groups excluding carboxylic acids is 1. The van der Waals surface area contributed by atoms with Gasteiger partial charge < -0.3 is 14.4 Å². The van der Waals surface area contributed by atoms with Crippen LogP contribution in [0.5, 0.6) is 0 Å². The van der Waals surface area contributed by atoms with Gasteiger partial charge in [0.05, 0.1) is 12.4 Å². The third kappa shape index (κ3) is 4.02. The van der Waals surface area contributed by atoms with Crippen molar-refractivity contribution in [2.24, 2.45) is 11.3 Å². The molecule has 0 saturated carbocycles. The smallest absolute Gasteiger partial charge is 0.410 e. The van der Waals surface area contributed by atoms with Crippen molar-refractivity contribution in [1.82, 2.24) is 4.90 Å². The molecule has 0 N–H and O–H groups in total. The molecule has 2 aliphatic rings. The molecule has 2 atom stereocenters. The Morgan fingerprint density at radius 1 is 1.38 bits per heavy atom. The third-order valence-electron chi connectivity index (χ3n) is 4.81. The lowest BCUT2D eigenvalue weighted by Crippen LogP contribution is -2.34. The number of nitrogens with zero attached hydrogens (tertiary/aromatic N) is 1. The van der Waals surface area contributed by atoms with Gasteiger partial charge in [0.15, 0.2) is 0 Å². The van der Waals surface area contributed by atoms with Crippen LogP contribution in [0, 0.1) is 11.3 Å². The molecule has 24 heavy (non-hydrogen) atoms. The van der Waals surface area contributed by atoms with E-state index >= 15 is 0 Å². The fraction of sp³-hybridized carbons (Fsp3) is 0.562. The van der Waals surface area contributed by atoms with E-state index in [1.54, 1.807) is 4.90 Å². The van der Waals surface area contributed by atoms with Crippen molar-refractivity contribution in [1.29, 1.82) is 0 Å². The number of amides is 1. The highest BCUT2D eigenvalue weighted by Gasteiger charge is 2.51. The van der Waals surface area contributed by atoms with Gasteiger partial charge in [-0.3, -0.25) is 0 Å². The summed E-state index contributed by atoms with van der Waals surface area (Å²) in [5.74, 6) is -0.382. The zero-order valence-electron chi connectivity index (χ0n) is 13.2. The number of hydrogen-bond acceptors (Lipinski definition) is 5.